The maximum atomic E-state index is 11.7. The first kappa shape index (κ1) is 14.7. The van der Waals surface area contributed by atoms with Gasteiger partial charge in [0.1, 0.15) is 6.04 Å². The maximum absolute atomic E-state index is 11.7. The van der Waals surface area contributed by atoms with Gasteiger partial charge in [-0.15, -0.1) is 0 Å². The molecule has 0 aromatic heterocycles. The number of primary amides is 1. The minimum absolute atomic E-state index is 0.404. The first-order valence-corrected chi connectivity index (χ1v) is 6.80. The van der Waals surface area contributed by atoms with E-state index in [9.17, 15) is 4.79 Å². The number of nitrogens with one attached hydrogen (secondary N) is 1. The summed E-state index contributed by atoms with van der Waals surface area (Å²) in [7, 11) is 0. The Labute approximate surface area is 127 Å². The Morgan fingerprint density at radius 1 is 1.15 bits per heavy atom. The number of amides is 1. The highest BCUT2D eigenvalue weighted by atomic mass is 35.5. The van der Waals surface area contributed by atoms with E-state index < -0.39 is 11.9 Å². The highest BCUT2D eigenvalue weighted by Crippen LogP contribution is 2.28. The van der Waals surface area contributed by atoms with E-state index in [-0.39, 0.29) is 0 Å². The van der Waals surface area contributed by atoms with E-state index in [1.54, 1.807) is 18.2 Å². The molecule has 2 aromatic carbocycles. The fourth-order valence-electron chi connectivity index (χ4n) is 1.85. The lowest BCUT2D eigenvalue weighted by Crippen LogP contribution is -2.28. The molecule has 2 aromatic rings. The molecule has 0 heterocycles. The van der Waals surface area contributed by atoms with Crippen LogP contribution in [0.2, 0.25) is 10.0 Å². The van der Waals surface area contributed by atoms with E-state index in [2.05, 4.69) is 5.32 Å². The van der Waals surface area contributed by atoms with Crippen molar-refractivity contribution in [2.45, 2.75) is 13.0 Å². The molecule has 0 spiro atoms. The van der Waals surface area contributed by atoms with Gasteiger partial charge in [0.25, 0.3) is 0 Å². The van der Waals surface area contributed by atoms with Gasteiger partial charge >= 0.3 is 0 Å². The van der Waals surface area contributed by atoms with Crippen molar-refractivity contribution in [3.05, 3.63) is 63.6 Å². The fourth-order valence-corrected chi connectivity index (χ4v) is 2.37. The molecule has 1 unspecified atom stereocenters. The predicted molar refractivity (Wildman–Crippen MR) is 83.2 cm³/mol. The van der Waals surface area contributed by atoms with Crippen LogP contribution < -0.4 is 11.1 Å². The number of carbonyl (C=O) groups excluding carboxylic acids is 1. The van der Waals surface area contributed by atoms with Crippen molar-refractivity contribution in [1.29, 1.82) is 0 Å². The molecule has 0 aliphatic carbocycles. The topological polar surface area (TPSA) is 55.1 Å². The summed E-state index contributed by atoms with van der Waals surface area (Å²) >= 11 is 12.0. The van der Waals surface area contributed by atoms with E-state index in [1.165, 1.54) is 0 Å². The van der Waals surface area contributed by atoms with Crippen molar-refractivity contribution in [2.75, 3.05) is 5.32 Å². The number of nitrogens with two attached hydrogens (primary N) is 1. The fraction of sp³-hybridized carbons (Fsp3) is 0.133. The molecule has 2 rings (SSSR count). The first-order chi connectivity index (χ1) is 9.47. The summed E-state index contributed by atoms with van der Waals surface area (Å²) in [5.41, 5.74) is 7.99. The maximum Gasteiger partial charge on any atom is 0.244 e. The summed E-state index contributed by atoms with van der Waals surface area (Å²) in [4.78, 5) is 11.7. The number of carbonyl (C=O) groups is 1. The van der Waals surface area contributed by atoms with Crippen LogP contribution in [0.3, 0.4) is 0 Å². The van der Waals surface area contributed by atoms with Crippen LogP contribution in [-0.4, -0.2) is 5.91 Å². The Morgan fingerprint density at radius 2 is 1.80 bits per heavy atom. The number of halogens is 2. The molecule has 0 aliphatic heterocycles. The molecule has 104 valence electrons. The molecule has 0 aliphatic rings. The molecule has 20 heavy (non-hydrogen) atoms. The molecule has 3 N–H and O–H groups in total. The minimum atomic E-state index is -0.706. The largest absolute Gasteiger partial charge is 0.370 e. The summed E-state index contributed by atoms with van der Waals surface area (Å²) in [6, 6.07) is 11.9. The van der Waals surface area contributed by atoms with Crippen LogP contribution in [0.25, 0.3) is 0 Å². The second-order valence-electron chi connectivity index (χ2n) is 4.51. The van der Waals surface area contributed by atoms with Gasteiger partial charge in [-0.3, -0.25) is 4.79 Å². The number of hydrogen-bond acceptors (Lipinski definition) is 2. The smallest absolute Gasteiger partial charge is 0.244 e. The lowest BCUT2D eigenvalue weighted by atomic mass is 10.1. The van der Waals surface area contributed by atoms with Gasteiger partial charge in [-0.05, 0) is 31.2 Å². The molecule has 5 heteroatoms. The predicted octanol–water partition coefficient (Wildman–Crippen LogP) is 3.94. The van der Waals surface area contributed by atoms with Crippen molar-refractivity contribution in [3.8, 4) is 0 Å². The van der Waals surface area contributed by atoms with Crippen LogP contribution in [0.1, 0.15) is 17.2 Å². The molecule has 0 fully saturated rings. The van der Waals surface area contributed by atoms with E-state index in [0.29, 0.717) is 15.6 Å². The first-order valence-electron chi connectivity index (χ1n) is 6.05. The third-order valence-electron chi connectivity index (χ3n) is 2.92. The Kier molecular flexibility index (Phi) is 4.53. The summed E-state index contributed by atoms with van der Waals surface area (Å²) in [5, 5.41) is 4.00. The van der Waals surface area contributed by atoms with Crippen LogP contribution in [0.5, 0.6) is 0 Å². The molecule has 1 atom stereocenters. The van der Waals surface area contributed by atoms with Crippen LogP contribution >= 0.6 is 23.2 Å². The lowest BCUT2D eigenvalue weighted by molar-refractivity contribution is -0.118. The van der Waals surface area contributed by atoms with Crippen LogP contribution in [0.4, 0.5) is 5.69 Å². The molecule has 3 nitrogen and oxygen atoms in total. The molecule has 0 saturated heterocycles. The zero-order chi connectivity index (χ0) is 14.7. The van der Waals surface area contributed by atoms with Gasteiger partial charge in [-0.25, -0.2) is 0 Å². The molecule has 0 saturated carbocycles. The van der Waals surface area contributed by atoms with Crippen molar-refractivity contribution >= 4 is 34.8 Å². The Bertz CT molecular complexity index is 626. The monoisotopic (exact) mass is 308 g/mol. The van der Waals surface area contributed by atoms with Gasteiger partial charge in [0.15, 0.2) is 0 Å². The molecule has 0 bridgehead atoms. The molecular formula is C15H14Cl2N2O. The molecule has 1 amide bonds. The van der Waals surface area contributed by atoms with Gasteiger partial charge in [0.05, 0.1) is 0 Å². The van der Waals surface area contributed by atoms with Crippen LogP contribution in [-0.2, 0) is 4.79 Å². The minimum Gasteiger partial charge on any atom is -0.370 e. The zero-order valence-electron chi connectivity index (χ0n) is 10.9. The molecular weight excluding hydrogens is 295 g/mol. The van der Waals surface area contributed by atoms with E-state index >= 15 is 0 Å². The van der Waals surface area contributed by atoms with E-state index in [1.807, 2.05) is 31.2 Å². The summed E-state index contributed by atoms with van der Waals surface area (Å²) in [6.07, 6.45) is 0. The second kappa shape index (κ2) is 6.16. The highest BCUT2D eigenvalue weighted by Gasteiger charge is 2.20. The standard InChI is InChI=1S/C15H14Cl2N2O/c1-9-2-5-11(6-3-9)19-14(15(18)20)12-7-4-10(16)8-13(12)17/h2-8,14,19H,1H3,(H2,18,20). The third-order valence-corrected chi connectivity index (χ3v) is 3.48. The van der Waals surface area contributed by atoms with Gasteiger partial charge in [0, 0.05) is 21.3 Å². The number of anilines is 1. The summed E-state index contributed by atoms with van der Waals surface area (Å²) in [5.74, 6) is -0.505. The van der Waals surface area contributed by atoms with Crippen molar-refractivity contribution < 1.29 is 4.79 Å². The van der Waals surface area contributed by atoms with E-state index in [0.717, 1.165) is 11.3 Å². The highest BCUT2D eigenvalue weighted by molar-refractivity contribution is 6.35. The number of benzene rings is 2. The average Bonchev–Trinajstić information content (AvgIpc) is 2.39. The van der Waals surface area contributed by atoms with Gasteiger partial charge in [-0.2, -0.15) is 0 Å². The number of rotatable bonds is 4. The van der Waals surface area contributed by atoms with Crippen molar-refractivity contribution in [3.63, 3.8) is 0 Å². The Hall–Kier alpha value is -1.71. The Morgan fingerprint density at radius 3 is 2.35 bits per heavy atom. The normalized spacial score (nSPS) is 11.9. The number of aryl methyl sites for hydroxylation is 1. The van der Waals surface area contributed by atoms with Gasteiger partial charge in [-0.1, -0.05) is 47.0 Å². The quantitative estimate of drug-likeness (QED) is 0.899. The Balaban J connectivity index is 2.31. The third kappa shape index (κ3) is 3.44. The van der Waals surface area contributed by atoms with Crippen molar-refractivity contribution in [1.82, 2.24) is 0 Å². The summed E-state index contributed by atoms with van der Waals surface area (Å²) in [6.45, 7) is 1.99. The molecule has 0 radical (unpaired) electrons. The van der Waals surface area contributed by atoms with Crippen molar-refractivity contribution in [2.24, 2.45) is 5.73 Å². The van der Waals surface area contributed by atoms with Crippen LogP contribution in [0, 0.1) is 6.92 Å². The average molecular weight is 309 g/mol. The second-order valence-corrected chi connectivity index (χ2v) is 5.36. The van der Waals surface area contributed by atoms with Gasteiger partial charge < -0.3 is 11.1 Å². The van der Waals surface area contributed by atoms with E-state index in [4.69, 9.17) is 28.9 Å². The van der Waals surface area contributed by atoms with Crippen LogP contribution in [0.15, 0.2) is 42.5 Å². The van der Waals surface area contributed by atoms with Gasteiger partial charge in [0.2, 0.25) is 5.91 Å². The SMILES string of the molecule is Cc1ccc(NC(C(N)=O)c2ccc(Cl)cc2Cl)cc1. The zero-order valence-corrected chi connectivity index (χ0v) is 12.4. The number of hydrogen-bond donors (Lipinski definition) is 2. The lowest BCUT2D eigenvalue weighted by Gasteiger charge is -2.18. The summed E-state index contributed by atoms with van der Waals surface area (Å²) < 4.78 is 0.